The fourth-order valence-electron chi connectivity index (χ4n) is 4.12. The van der Waals surface area contributed by atoms with Crippen LogP contribution in [-0.4, -0.2) is 61.5 Å². The molecule has 0 aliphatic carbocycles. The van der Waals surface area contributed by atoms with Gasteiger partial charge in [-0.1, -0.05) is 24.3 Å². The molecule has 0 bridgehead atoms. The minimum Gasteiger partial charge on any atom is -0.376 e. The molecule has 9 heteroatoms. The lowest BCUT2D eigenvalue weighted by Crippen LogP contribution is -2.52. The Balaban J connectivity index is 1.69. The molecule has 34 heavy (non-hydrogen) atoms. The van der Waals surface area contributed by atoms with Crippen LogP contribution >= 0.6 is 0 Å². The number of para-hydroxylation sites is 1. The number of nitrogens with zero attached hydrogens (tertiary/aromatic N) is 5. The summed E-state index contributed by atoms with van der Waals surface area (Å²) in [5.41, 5.74) is 1.77. The molecular formula is C25H32N6O3. The summed E-state index contributed by atoms with van der Waals surface area (Å²) < 4.78 is 7.44. The van der Waals surface area contributed by atoms with E-state index in [4.69, 9.17) is 4.74 Å². The van der Waals surface area contributed by atoms with Gasteiger partial charge >= 0.3 is 0 Å². The maximum Gasteiger partial charge on any atom is 0.247 e. The molecule has 0 radical (unpaired) electrons. The molecule has 9 nitrogen and oxygen atoms in total. The van der Waals surface area contributed by atoms with Crippen LogP contribution in [0.25, 0.3) is 11.0 Å². The molecule has 0 spiro atoms. The van der Waals surface area contributed by atoms with Gasteiger partial charge in [0, 0.05) is 31.1 Å². The summed E-state index contributed by atoms with van der Waals surface area (Å²) in [5.74, 6) is -0.453. The maximum atomic E-state index is 13.8. The number of rotatable bonds is 9. The second-order valence-corrected chi connectivity index (χ2v) is 9.33. The fourth-order valence-corrected chi connectivity index (χ4v) is 4.12. The molecule has 2 aromatic heterocycles. The summed E-state index contributed by atoms with van der Waals surface area (Å²) in [4.78, 5) is 33.2. The van der Waals surface area contributed by atoms with E-state index in [9.17, 15) is 9.59 Å². The third-order valence-corrected chi connectivity index (χ3v) is 6.38. The number of nitrogens with one attached hydrogen (secondary N) is 1. The van der Waals surface area contributed by atoms with Crippen molar-refractivity contribution in [3.8, 4) is 0 Å². The van der Waals surface area contributed by atoms with E-state index in [1.165, 1.54) is 0 Å². The van der Waals surface area contributed by atoms with E-state index >= 15 is 0 Å². The number of carbonyl (C=O) groups excluding carboxylic acids is 2. The highest BCUT2D eigenvalue weighted by molar-refractivity contribution is 5.89. The zero-order valence-electron chi connectivity index (χ0n) is 20.0. The molecule has 2 amide bonds. The second-order valence-electron chi connectivity index (χ2n) is 9.33. The number of pyridine rings is 1. The van der Waals surface area contributed by atoms with Gasteiger partial charge in [0.25, 0.3) is 0 Å². The van der Waals surface area contributed by atoms with Crippen molar-refractivity contribution < 1.29 is 14.3 Å². The van der Waals surface area contributed by atoms with E-state index in [0.717, 1.165) is 24.8 Å². The molecule has 2 unspecified atom stereocenters. The lowest BCUT2D eigenvalue weighted by atomic mass is 9.98. The van der Waals surface area contributed by atoms with Gasteiger partial charge in [-0.25, -0.2) is 4.68 Å². The number of fused-ring (bicyclic) bond motifs is 1. The van der Waals surface area contributed by atoms with Crippen molar-refractivity contribution in [1.29, 1.82) is 0 Å². The van der Waals surface area contributed by atoms with Crippen molar-refractivity contribution in [2.24, 2.45) is 0 Å². The number of hydrogen-bond donors (Lipinski definition) is 1. The number of aromatic nitrogens is 4. The number of ether oxygens (including phenoxy) is 1. The normalized spacial score (nSPS) is 17.0. The molecule has 1 N–H and O–H groups in total. The summed E-state index contributed by atoms with van der Waals surface area (Å²) in [7, 11) is 0. The number of benzene rings is 1. The number of hydrogen-bond acceptors (Lipinski definition) is 6. The zero-order chi connectivity index (χ0) is 24.1. The van der Waals surface area contributed by atoms with Crippen molar-refractivity contribution in [3.63, 3.8) is 0 Å². The highest BCUT2D eigenvalue weighted by atomic mass is 16.5. The Bertz CT molecular complexity index is 1120. The summed E-state index contributed by atoms with van der Waals surface area (Å²) >= 11 is 0. The topological polar surface area (TPSA) is 102 Å². The van der Waals surface area contributed by atoms with E-state index < -0.39 is 11.6 Å². The Hall–Kier alpha value is -3.33. The van der Waals surface area contributed by atoms with E-state index in [1.807, 2.05) is 45.0 Å². The monoisotopic (exact) mass is 464 g/mol. The van der Waals surface area contributed by atoms with E-state index in [0.29, 0.717) is 24.2 Å². The highest BCUT2D eigenvalue weighted by Gasteiger charge is 2.36. The second kappa shape index (κ2) is 10.3. The predicted octanol–water partition coefficient (Wildman–Crippen LogP) is 2.88. The summed E-state index contributed by atoms with van der Waals surface area (Å²) in [6.07, 6.45) is 5.71. The van der Waals surface area contributed by atoms with E-state index in [-0.39, 0.29) is 24.5 Å². The minimum absolute atomic E-state index is 0.0285. The third-order valence-electron chi connectivity index (χ3n) is 6.38. The minimum atomic E-state index is -0.819. The Morgan fingerprint density at radius 1 is 1.24 bits per heavy atom. The standard InChI is InChI=1S/C25H32N6O3/c1-4-25(2,3)27-24(33)23(18-11-13-26-14-12-18)30(16-19-8-7-15-34-19)22(32)17-31-21-10-6-5-9-20(21)28-29-31/h5-6,9-14,19,23H,4,7-8,15-17H2,1-3H3,(H,27,33). The van der Waals surface area contributed by atoms with Gasteiger partial charge < -0.3 is 15.0 Å². The molecule has 4 rings (SSSR count). The molecule has 3 aromatic rings. The summed E-state index contributed by atoms with van der Waals surface area (Å²) in [6.45, 7) is 6.92. The van der Waals surface area contributed by atoms with Crippen molar-refractivity contribution in [1.82, 2.24) is 30.2 Å². The van der Waals surface area contributed by atoms with Gasteiger partial charge in [-0.05, 0) is 62.9 Å². The Morgan fingerprint density at radius 3 is 2.71 bits per heavy atom. The highest BCUT2D eigenvalue weighted by Crippen LogP contribution is 2.26. The molecule has 1 aromatic carbocycles. The average molecular weight is 465 g/mol. The Labute approximate surface area is 199 Å². The van der Waals surface area contributed by atoms with E-state index in [2.05, 4.69) is 20.6 Å². The number of carbonyl (C=O) groups is 2. The van der Waals surface area contributed by atoms with Crippen LogP contribution in [0.4, 0.5) is 0 Å². The van der Waals surface area contributed by atoms with Gasteiger partial charge in [-0.2, -0.15) is 0 Å². The van der Waals surface area contributed by atoms with Crippen LogP contribution in [0.5, 0.6) is 0 Å². The first-order chi connectivity index (χ1) is 16.4. The van der Waals surface area contributed by atoms with Gasteiger partial charge in [-0.15, -0.1) is 5.10 Å². The smallest absolute Gasteiger partial charge is 0.247 e. The molecule has 1 saturated heterocycles. The predicted molar refractivity (Wildman–Crippen MR) is 128 cm³/mol. The molecule has 1 fully saturated rings. The molecule has 180 valence electrons. The maximum absolute atomic E-state index is 13.8. The lowest BCUT2D eigenvalue weighted by molar-refractivity contribution is -0.144. The summed E-state index contributed by atoms with van der Waals surface area (Å²) in [6, 6.07) is 10.2. The van der Waals surface area contributed by atoms with Crippen LogP contribution in [0.1, 0.15) is 51.6 Å². The molecule has 1 aliphatic rings. The molecule has 2 atom stereocenters. The van der Waals surface area contributed by atoms with Crippen molar-refractivity contribution >= 4 is 22.8 Å². The van der Waals surface area contributed by atoms with Gasteiger partial charge in [0.2, 0.25) is 11.8 Å². The van der Waals surface area contributed by atoms with Gasteiger partial charge in [0.15, 0.2) is 0 Å². The van der Waals surface area contributed by atoms with Gasteiger partial charge in [-0.3, -0.25) is 14.6 Å². The molecule has 3 heterocycles. The first-order valence-corrected chi connectivity index (χ1v) is 11.8. The average Bonchev–Trinajstić information content (AvgIpc) is 3.49. The zero-order valence-corrected chi connectivity index (χ0v) is 20.0. The van der Waals surface area contributed by atoms with Crippen molar-refractivity contribution in [3.05, 3.63) is 54.4 Å². The quantitative estimate of drug-likeness (QED) is 0.522. The SMILES string of the molecule is CCC(C)(C)NC(=O)C(c1ccncc1)N(CC1CCCO1)C(=O)Cn1nnc2ccccc21. The van der Waals surface area contributed by atoms with Crippen molar-refractivity contribution in [2.45, 2.75) is 64.3 Å². The lowest BCUT2D eigenvalue weighted by Gasteiger charge is -2.35. The summed E-state index contributed by atoms with van der Waals surface area (Å²) in [5, 5.41) is 11.5. The van der Waals surface area contributed by atoms with Crippen LogP contribution in [0.15, 0.2) is 48.8 Å². The van der Waals surface area contributed by atoms with Crippen molar-refractivity contribution in [2.75, 3.05) is 13.2 Å². The van der Waals surface area contributed by atoms with Crippen LogP contribution in [-0.2, 0) is 20.9 Å². The molecule has 0 saturated carbocycles. The largest absolute Gasteiger partial charge is 0.376 e. The first kappa shape index (κ1) is 23.8. The van der Waals surface area contributed by atoms with Crippen LogP contribution in [0, 0.1) is 0 Å². The van der Waals surface area contributed by atoms with Gasteiger partial charge in [0.05, 0.1) is 11.6 Å². The molecular weight excluding hydrogens is 432 g/mol. The van der Waals surface area contributed by atoms with E-state index in [1.54, 1.807) is 34.1 Å². The molecule has 1 aliphatic heterocycles. The van der Waals surface area contributed by atoms with Crippen LogP contribution < -0.4 is 5.32 Å². The Morgan fingerprint density at radius 2 is 2.00 bits per heavy atom. The van der Waals surface area contributed by atoms with Crippen LogP contribution in [0.3, 0.4) is 0 Å². The third kappa shape index (κ3) is 5.41. The fraction of sp³-hybridized carbons (Fsp3) is 0.480. The first-order valence-electron chi connectivity index (χ1n) is 11.8. The van der Waals surface area contributed by atoms with Crippen LogP contribution in [0.2, 0.25) is 0 Å². The Kier molecular flexibility index (Phi) is 7.21. The number of amides is 2. The van der Waals surface area contributed by atoms with Gasteiger partial charge in [0.1, 0.15) is 18.1 Å².